The molecule has 0 bridgehead atoms. The van der Waals surface area contributed by atoms with Crippen LogP contribution < -0.4 is 21.3 Å². The molecule has 10 N–H and O–H groups in total. The third-order valence-electron chi connectivity index (χ3n) is 13.1. The number of alkyl carbamates (subject to hydrolysis) is 1. The van der Waals surface area contributed by atoms with E-state index < -0.39 is 76.2 Å². The SMILES string of the molecule is CCN1C(=CC=CC2=[N+](CCCCCC(=O)NCCNC(=O)OC3[C@@H](COP(=O)(O)OP(=O)(O)OP(=O)(O)O)O[C@@H](n4cnc5c(N)ncnc54)[C@H]3O)c3ccc(S(=O)(=O)O)cc3C2(C)C)C(C)(C)c2cc(C)ccc21. The lowest BCUT2D eigenvalue weighted by Gasteiger charge is -2.25. The first-order valence-electron chi connectivity index (χ1n) is 23.7. The number of amides is 2. The molecule has 3 aliphatic heterocycles. The summed E-state index contributed by atoms with van der Waals surface area (Å²) in [6.45, 7) is 12.6. The third kappa shape index (κ3) is 13.2. The van der Waals surface area contributed by atoms with Gasteiger partial charge in [-0.3, -0.25) is 18.4 Å². The van der Waals surface area contributed by atoms with Crippen molar-refractivity contribution >= 4 is 79.7 Å². The summed E-state index contributed by atoms with van der Waals surface area (Å²) in [5.74, 6) is -0.349. The number of benzene rings is 2. The van der Waals surface area contributed by atoms with Crippen LogP contribution in [0.25, 0.3) is 11.2 Å². The summed E-state index contributed by atoms with van der Waals surface area (Å²) in [4.78, 5) is 77.3. The van der Waals surface area contributed by atoms with Crippen LogP contribution in [0.15, 0.2) is 77.9 Å². The fraction of sp³-hybridized carbons (Fsp3) is 0.467. The highest BCUT2D eigenvalue weighted by Crippen LogP contribution is 2.66. The number of imidazole rings is 1. The minimum absolute atomic E-state index is 0.0318. The average Bonchev–Trinajstić information content (AvgIpc) is 4.00. The molecule has 2 amide bonds. The van der Waals surface area contributed by atoms with Gasteiger partial charge in [0.1, 0.15) is 30.6 Å². The molecule has 7 rings (SSSR count). The van der Waals surface area contributed by atoms with Crippen molar-refractivity contribution in [2.24, 2.45) is 0 Å². The predicted molar refractivity (Wildman–Crippen MR) is 273 cm³/mol. The van der Waals surface area contributed by atoms with Crippen molar-refractivity contribution in [3.8, 4) is 0 Å². The number of aryl methyl sites for hydroxylation is 1. The Kier molecular flexibility index (Phi) is 17.4. The number of nitrogens with zero attached hydrogens (tertiary/aromatic N) is 6. The van der Waals surface area contributed by atoms with Crippen LogP contribution >= 0.6 is 23.5 Å². The van der Waals surface area contributed by atoms with Gasteiger partial charge in [-0.2, -0.15) is 21.6 Å². The number of phosphoric acid groups is 3. The van der Waals surface area contributed by atoms with E-state index >= 15 is 0 Å². The number of ether oxygens (including phenoxy) is 2. The molecular weight excluding hydrogens is 1080 g/mol. The number of nitrogens with one attached hydrogen (secondary N) is 2. The molecule has 2 aromatic carbocycles. The molecule has 6 atom stereocenters. The van der Waals surface area contributed by atoms with Gasteiger partial charge in [0.2, 0.25) is 11.6 Å². The number of aliphatic hydroxyl groups excluding tert-OH is 1. The van der Waals surface area contributed by atoms with E-state index in [0.717, 1.165) is 41.9 Å². The molecule has 1 fully saturated rings. The Morgan fingerprint density at radius 2 is 1.66 bits per heavy atom. The van der Waals surface area contributed by atoms with E-state index in [9.17, 15) is 51.1 Å². The van der Waals surface area contributed by atoms with Crippen LogP contribution in [0.3, 0.4) is 0 Å². The van der Waals surface area contributed by atoms with Crippen LogP contribution in [0, 0.1) is 6.92 Å². The number of aliphatic hydroxyl groups is 1. The molecule has 27 nitrogen and oxygen atoms in total. The minimum Gasteiger partial charge on any atom is -0.440 e. The maximum atomic E-state index is 13.0. The molecular formula is C45H61N9O18P3S+. The molecule has 76 heavy (non-hydrogen) atoms. The van der Waals surface area contributed by atoms with E-state index in [1.54, 1.807) is 6.07 Å². The highest BCUT2D eigenvalue weighted by molar-refractivity contribution is 7.85. The summed E-state index contributed by atoms with van der Waals surface area (Å²) >= 11 is 0. The first-order valence-corrected chi connectivity index (χ1v) is 29.7. The fourth-order valence-corrected chi connectivity index (χ4v) is 13.1. The van der Waals surface area contributed by atoms with E-state index in [-0.39, 0.29) is 52.7 Å². The first kappa shape index (κ1) is 58.4. The molecule has 0 spiro atoms. The minimum atomic E-state index is -5.89. The molecule has 0 radical (unpaired) electrons. The molecule has 31 heteroatoms. The number of hydrogen-bond donors (Lipinski definition) is 9. The second kappa shape index (κ2) is 22.6. The molecule has 3 unspecified atom stereocenters. The van der Waals surface area contributed by atoms with Crippen LogP contribution in [-0.4, -0.2) is 131 Å². The van der Waals surface area contributed by atoms with Gasteiger partial charge in [-0.1, -0.05) is 37.6 Å². The molecule has 1 saturated heterocycles. The standard InChI is InChI=1S/C45H60N9O18P3S/c1-7-52-31-17-15-27(2)22-29(31)44(3,4)34(52)12-11-13-35-45(5,6)30-23-28(76(65,66)67)16-18-32(30)53(35)21-10-8-9-14-36(55)47-19-20-48-43(57)70-39-33(24-68-74(61,62)72-75(63,64)71-73(58,59)60)69-42(38(39)56)54-26-51-37-40(46)49-25-50-41(37)54/h11-13,15-18,22-23,25-26,33,38-39,42,56H,7-10,14,19-21,24H2,1-6H3,(H8-,46,47,48,49,50,55,57,58,59,60,61,62,63,64,65,66,67)/p+1/t33-,38+,39?,42-/m1/s1. The highest BCUT2D eigenvalue weighted by Gasteiger charge is 2.50. The van der Waals surface area contributed by atoms with Crippen LogP contribution in [0.2, 0.25) is 0 Å². The number of aromatic nitrogens is 4. The number of allylic oxidation sites excluding steroid dienone is 4. The molecule has 5 heterocycles. The zero-order valence-electron chi connectivity index (χ0n) is 42.1. The molecule has 4 aromatic rings. The maximum Gasteiger partial charge on any atom is 0.490 e. The molecule has 2 aromatic heterocycles. The van der Waals surface area contributed by atoms with Gasteiger partial charge in [0.05, 0.1) is 23.2 Å². The third-order valence-corrected chi connectivity index (χ3v) is 17.7. The summed E-state index contributed by atoms with van der Waals surface area (Å²) in [6.07, 6.45) is 2.63. The Labute approximate surface area is 437 Å². The van der Waals surface area contributed by atoms with Crippen molar-refractivity contribution in [2.45, 2.75) is 107 Å². The van der Waals surface area contributed by atoms with Gasteiger partial charge >= 0.3 is 29.6 Å². The number of unbranched alkanes of at least 4 members (excludes halogenated alkanes) is 2. The quantitative estimate of drug-likeness (QED) is 0.0223. The number of fused-ring (bicyclic) bond motifs is 3. The van der Waals surface area contributed by atoms with Crippen molar-refractivity contribution in [3.05, 3.63) is 89.7 Å². The van der Waals surface area contributed by atoms with Crippen LogP contribution in [-0.2, 0) is 62.1 Å². The topological polar surface area (TPSA) is 387 Å². The second-order valence-electron chi connectivity index (χ2n) is 19.1. The molecule has 3 aliphatic rings. The number of carbonyl (C=O) groups excluding carboxylic acids is 2. The highest BCUT2D eigenvalue weighted by atomic mass is 32.2. The van der Waals surface area contributed by atoms with E-state index in [4.69, 9.17) is 29.5 Å². The lowest BCUT2D eigenvalue weighted by molar-refractivity contribution is -0.438. The Morgan fingerprint density at radius 1 is 0.934 bits per heavy atom. The smallest absolute Gasteiger partial charge is 0.440 e. The van der Waals surface area contributed by atoms with Crippen LogP contribution in [0.1, 0.15) is 83.2 Å². The normalized spacial score (nSPS) is 22.2. The summed E-state index contributed by atoms with van der Waals surface area (Å²) < 4.78 is 96.6. The number of carbonyl (C=O) groups is 2. The first-order chi connectivity index (χ1) is 35.4. The fourth-order valence-electron chi connectivity index (χ4n) is 9.52. The summed E-state index contributed by atoms with van der Waals surface area (Å²) in [5.41, 5.74) is 12.3. The Hall–Kier alpha value is -5.28. The van der Waals surface area contributed by atoms with Crippen molar-refractivity contribution in [2.75, 3.05) is 43.4 Å². The number of nitrogen functional groups attached to an aromatic ring is 1. The Balaban J connectivity index is 0.940. The monoisotopic (exact) mass is 1140 g/mol. The van der Waals surface area contributed by atoms with E-state index in [0.29, 0.717) is 25.8 Å². The van der Waals surface area contributed by atoms with Gasteiger partial charge in [0, 0.05) is 67.0 Å². The summed E-state index contributed by atoms with van der Waals surface area (Å²) in [5, 5.41) is 16.4. The maximum absolute atomic E-state index is 13.0. The van der Waals surface area contributed by atoms with Crippen molar-refractivity contribution in [3.63, 3.8) is 0 Å². The zero-order chi connectivity index (χ0) is 55.8. The zero-order valence-corrected chi connectivity index (χ0v) is 45.6. The van der Waals surface area contributed by atoms with Crippen LogP contribution in [0.5, 0.6) is 0 Å². The van der Waals surface area contributed by atoms with Gasteiger partial charge < -0.3 is 55.4 Å². The van der Waals surface area contributed by atoms with Crippen molar-refractivity contribution in [1.82, 2.24) is 30.2 Å². The largest absolute Gasteiger partial charge is 0.490 e. The lowest BCUT2D eigenvalue weighted by atomic mass is 9.81. The van der Waals surface area contributed by atoms with E-state index in [2.05, 4.69) is 95.7 Å². The number of anilines is 2. The number of phosphoric ester groups is 1. The van der Waals surface area contributed by atoms with E-state index in [1.165, 1.54) is 33.5 Å². The average molecular weight is 1140 g/mol. The predicted octanol–water partition coefficient (Wildman–Crippen LogP) is 4.67. The van der Waals surface area contributed by atoms with Gasteiger partial charge in [-0.25, -0.2) is 33.4 Å². The second-order valence-corrected chi connectivity index (χ2v) is 24.9. The van der Waals surface area contributed by atoms with Gasteiger partial charge in [-0.05, 0) is 70.4 Å². The number of hydrogen-bond acceptors (Lipinski definition) is 18. The number of nitrogens with two attached hydrogens (primary N) is 1. The van der Waals surface area contributed by atoms with Gasteiger partial charge in [-0.15, -0.1) is 0 Å². The number of rotatable bonds is 22. The van der Waals surface area contributed by atoms with Gasteiger partial charge in [0.15, 0.2) is 29.5 Å². The van der Waals surface area contributed by atoms with Crippen molar-refractivity contribution < 1.29 is 88.1 Å². The number of likely N-dealkylation sites (N-methyl/N-ethyl adjacent to an activating group) is 1. The van der Waals surface area contributed by atoms with Gasteiger partial charge in [0.25, 0.3) is 10.1 Å². The molecule has 414 valence electrons. The van der Waals surface area contributed by atoms with Crippen molar-refractivity contribution in [1.29, 1.82) is 0 Å². The summed E-state index contributed by atoms with van der Waals surface area (Å²) in [6, 6.07) is 11.1. The Bertz CT molecular complexity index is 3250. The van der Waals surface area contributed by atoms with Crippen LogP contribution in [0.4, 0.5) is 22.0 Å². The molecule has 0 aliphatic carbocycles. The Morgan fingerprint density at radius 3 is 2.36 bits per heavy atom. The summed E-state index contributed by atoms with van der Waals surface area (Å²) in [7, 11) is -21.7. The lowest BCUT2D eigenvalue weighted by Crippen LogP contribution is -2.42. The molecule has 0 saturated carbocycles. The van der Waals surface area contributed by atoms with E-state index in [1.807, 2.05) is 26.0 Å².